The Balaban J connectivity index is 2.09. The van der Waals surface area contributed by atoms with E-state index in [9.17, 15) is 4.79 Å². The number of aromatic nitrogens is 1. The zero-order chi connectivity index (χ0) is 12.3. The number of pyridine rings is 1. The fourth-order valence-electron chi connectivity index (χ4n) is 2.21. The first kappa shape index (κ1) is 11.9. The average Bonchev–Trinajstić information content (AvgIpc) is 2.86. The molecule has 1 unspecified atom stereocenters. The number of amides is 1. The van der Waals surface area contributed by atoms with Gasteiger partial charge in [0.15, 0.2) is 0 Å². The molecule has 0 aliphatic carbocycles. The standard InChI is InChI=1S/C13H19N3O/c1-3-10-7-8-16(9-10)13(17)11-5-4-6-12(14-2)15-11/h4-6,10H,3,7-9H2,1-2H3,(H,14,15). The van der Waals surface area contributed by atoms with E-state index in [0.717, 1.165) is 31.7 Å². The van der Waals surface area contributed by atoms with Gasteiger partial charge in [0.25, 0.3) is 5.91 Å². The second-order valence-electron chi connectivity index (χ2n) is 4.47. The summed E-state index contributed by atoms with van der Waals surface area (Å²) in [5.74, 6) is 1.45. The maximum atomic E-state index is 12.2. The zero-order valence-corrected chi connectivity index (χ0v) is 10.4. The van der Waals surface area contributed by atoms with Crippen molar-refractivity contribution in [3.05, 3.63) is 23.9 Å². The quantitative estimate of drug-likeness (QED) is 0.868. The van der Waals surface area contributed by atoms with Gasteiger partial charge in [-0.05, 0) is 24.5 Å². The van der Waals surface area contributed by atoms with Crippen molar-refractivity contribution >= 4 is 11.7 Å². The second kappa shape index (κ2) is 5.17. The van der Waals surface area contributed by atoms with Crippen LogP contribution in [0.3, 0.4) is 0 Å². The highest BCUT2D eigenvalue weighted by Gasteiger charge is 2.26. The molecule has 1 N–H and O–H groups in total. The molecule has 0 bridgehead atoms. The number of anilines is 1. The lowest BCUT2D eigenvalue weighted by Crippen LogP contribution is -2.29. The molecule has 4 nitrogen and oxygen atoms in total. The lowest BCUT2D eigenvalue weighted by molar-refractivity contribution is 0.0781. The summed E-state index contributed by atoms with van der Waals surface area (Å²) in [5.41, 5.74) is 0.536. The molecule has 1 atom stereocenters. The number of nitrogens with zero attached hydrogens (tertiary/aromatic N) is 2. The van der Waals surface area contributed by atoms with Gasteiger partial charge in [-0.1, -0.05) is 19.4 Å². The van der Waals surface area contributed by atoms with Crippen molar-refractivity contribution in [3.63, 3.8) is 0 Å². The molecule has 1 aliphatic rings. The number of hydrogen-bond acceptors (Lipinski definition) is 3. The fourth-order valence-corrected chi connectivity index (χ4v) is 2.21. The number of rotatable bonds is 3. The van der Waals surface area contributed by atoms with Crippen LogP contribution in [-0.2, 0) is 0 Å². The van der Waals surface area contributed by atoms with Crippen molar-refractivity contribution in [1.29, 1.82) is 0 Å². The lowest BCUT2D eigenvalue weighted by Gasteiger charge is -2.16. The normalized spacial score (nSPS) is 19.4. The molecule has 1 aromatic rings. The Morgan fingerprint density at radius 1 is 1.59 bits per heavy atom. The molecule has 1 aliphatic heterocycles. The van der Waals surface area contributed by atoms with Gasteiger partial charge in [0.1, 0.15) is 11.5 Å². The molecule has 2 rings (SSSR count). The monoisotopic (exact) mass is 233 g/mol. The molecular weight excluding hydrogens is 214 g/mol. The van der Waals surface area contributed by atoms with Gasteiger partial charge >= 0.3 is 0 Å². The van der Waals surface area contributed by atoms with Gasteiger partial charge in [0.05, 0.1) is 0 Å². The van der Waals surface area contributed by atoms with Crippen molar-refractivity contribution in [2.75, 3.05) is 25.5 Å². The van der Waals surface area contributed by atoms with E-state index in [2.05, 4.69) is 17.2 Å². The molecular formula is C13H19N3O. The highest BCUT2D eigenvalue weighted by Crippen LogP contribution is 2.20. The minimum atomic E-state index is 0.0538. The van der Waals surface area contributed by atoms with E-state index in [1.54, 1.807) is 13.1 Å². The van der Waals surface area contributed by atoms with Gasteiger partial charge < -0.3 is 10.2 Å². The molecule has 4 heteroatoms. The first-order chi connectivity index (χ1) is 8.24. The molecule has 92 valence electrons. The largest absolute Gasteiger partial charge is 0.373 e. The topological polar surface area (TPSA) is 45.2 Å². The van der Waals surface area contributed by atoms with Gasteiger partial charge in [0, 0.05) is 20.1 Å². The van der Waals surface area contributed by atoms with Crippen LogP contribution < -0.4 is 5.32 Å². The van der Waals surface area contributed by atoms with Gasteiger partial charge in [-0.15, -0.1) is 0 Å². The first-order valence-electron chi connectivity index (χ1n) is 6.18. The number of likely N-dealkylation sites (tertiary alicyclic amines) is 1. The van der Waals surface area contributed by atoms with Crippen LogP contribution >= 0.6 is 0 Å². The summed E-state index contributed by atoms with van der Waals surface area (Å²) < 4.78 is 0. The Labute approximate surface area is 102 Å². The minimum absolute atomic E-state index is 0.0538. The van der Waals surface area contributed by atoms with Crippen molar-refractivity contribution in [2.24, 2.45) is 5.92 Å². The number of nitrogens with one attached hydrogen (secondary N) is 1. The van der Waals surface area contributed by atoms with E-state index >= 15 is 0 Å². The third kappa shape index (κ3) is 2.57. The molecule has 1 aromatic heterocycles. The smallest absolute Gasteiger partial charge is 0.272 e. The van der Waals surface area contributed by atoms with Crippen molar-refractivity contribution < 1.29 is 4.79 Å². The molecule has 1 amide bonds. The molecule has 1 fully saturated rings. The van der Waals surface area contributed by atoms with Crippen LogP contribution in [0.5, 0.6) is 0 Å². The molecule has 0 spiro atoms. The van der Waals surface area contributed by atoms with Crippen molar-refractivity contribution in [1.82, 2.24) is 9.88 Å². The SMILES string of the molecule is CCC1CCN(C(=O)c2cccc(NC)n2)C1. The summed E-state index contributed by atoms with van der Waals surface area (Å²) in [4.78, 5) is 18.4. The van der Waals surface area contributed by atoms with Crippen LogP contribution in [0.1, 0.15) is 30.3 Å². The fraction of sp³-hybridized carbons (Fsp3) is 0.538. The van der Waals surface area contributed by atoms with E-state index < -0.39 is 0 Å². The Morgan fingerprint density at radius 3 is 3.06 bits per heavy atom. The predicted molar refractivity (Wildman–Crippen MR) is 68.1 cm³/mol. The van der Waals surface area contributed by atoms with E-state index in [1.807, 2.05) is 17.0 Å². The summed E-state index contributed by atoms with van der Waals surface area (Å²) in [7, 11) is 1.81. The Bertz CT molecular complexity index is 405. The van der Waals surface area contributed by atoms with Crippen LogP contribution in [0.25, 0.3) is 0 Å². The highest BCUT2D eigenvalue weighted by atomic mass is 16.2. The molecule has 0 saturated carbocycles. The number of carbonyl (C=O) groups excluding carboxylic acids is 1. The van der Waals surface area contributed by atoms with Crippen LogP contribution in [0.2, 0.25) is 0 Å². The summed E-state index contributed by atoms with van der Waals surface area (Å²) >= 11 is 0. The summed E-state index contributed by atoms with van der Waals surface area (Å²) in [6, 6.07) is 5.50. The third-order valence-electron chi connectivity index (χ3n) is 3.37. The number of carbonyl (C=O) groups is 1. The Hall–Kier alpha value is -1.58. The maximum absolute atomic E-state index is 12.2. The Kier molecular flexibility index (Phi) is 3.61. The second-order valence-corrected chi connectivity index (χ2v) is 4.47. The first-order valence-corrected chi connectivity index (χ1v) is 6.18. The highest BCUT2D eigenvalue weighted by molar-refractivity contribution is 5.92. The van der Waals surface area contributed by atoms with E-state index in [1.165, 1.54) is 0 Å². The predicted octanol–water partition coefficient (Wildman–Crippen LogP) is 2.00. The molecule has 0 aromatic carbocycles. The summed E-state index contributed by atoms with van der Waals surface area (Å²) in [5, 5.41) is 2.95. The van der Waals surface area contributed by atoms with Crippen LogP contribution in [-0.4, -0.2) is 35.9 Å². The zero-order valence-electron chi connectivity index (χ0n) is 10.4. The van der Waals surface area contributed by atoms with E-state index in [-0.39, 0.29) is 5.91 Å². The van der Waals surface area contributed by atoms with E-state index in [0.29, 0.717) is 11.6 Å². The van der Waals surface area contributed by atoms with Gasteiger partial charge in [0.2, 0.25) is 0 Å². The minimum Gasteiger partial charge on any atom is -0.373 e. The molecule has 1 saturated heterocycles. The molecule has 2 heterocycles. The van der Waals surface area contributed by atoms with Crippen LogP contribution in [0, 0.1) is 5.92 Å². The van der Waals surface area contributed by atoms with Crippen molar-refractivity contribution in [3.8, 4) is 0 Å². The third-order valence-corrected chi connectivity index (χ3v) is 3.37. The Morgan fingerprint density at radius 2 is 2.41 bits per heavy atom. The number of hydrogen-bond donors (Lipinski definition) is 1. The van der Waals surface area contributed by atoms with Gasteiger partial charge in [-0.3, -0.25) is 4.79 Å². The van der Waals surface area contributed by atoms with Gasteiger partial charge in [-0.25, -0.2) is 4.98 Å². The van der Waals surface area contributed by atoms with Crippen molar-refractivity contribution in [2.45, 2.75) is 19.8 Å². The maximum Gasteiger partial charge on any atom is 0.272 e. The van der Waals surface area contributed by atoms with Gasteiger partial charge in [-0.2, -0.15) is 0 Å². The summed E-state index contributed by atoms with van der Waals surface area (Å²) in [6.07, 6.45) is 2.27. The molecule has 0 radical (unpaired) electrons. The molecule has 17 heavy (non-hydrogen) atoms. The lowest BCUT2D eigenvalue weighted by atomic mass is 10.1. The average molecular weight is 233 g/mol. The summed E-state index contributed by atoms with van der Waals surface area (Å²) in [6.45, 7) is 3.92. The van der Waals surface area contributed by atoms with Crippen LogP contribution in [0.15, 0.2) is 18.2 Å². The van der Waals surface area contributed by atoms with Crippen LogP contribution in [0.4, 0.5) is 5.82 Å². The van der Waals surface area contributed by atoms with E-state index in [4.69, 9.17) is 0 Å².